The van der Waals surface area contributed by atoms with Crippen molar-refractivity contribution < 1.29 is 0 Å². The van der Waals surface area contributed by atoms with E-state index in [0.29, 0.717) is 6.04 Å². The van der Waals surface area contributed by atoms with E-state index >= 15 is 0 Å². The number of unbranched alkanes of at least 4 members (excludes halogenated alkanes) is 1. The van der Waals surface area contributed by atoms with Crippen LogP contribution in [0, 0.1) is 0 Å². The minimum absolute atomic E-state index is 0.608. The Hall–Kier alpha value is -0.540. The molecule has 0 spiro atoms. The number of likely N-dealkylation sites (tertiary alicyclic amines) is 1. The van der Waals surface area contributed by atoms with E-state index in [1.54, 1.807) is 0 Å². The fraction of sp³-hybridized carbons (Fsp3) is 0.750. The lowest BCUT2D eigenvalue weighted by Gasteiger charge is -2.36. The average Bonchev–Trinajstić information content (AvgIpc) is 2.62. The lowest BCUT2D eigenvalue weighted by atomic mass is 9.96. The molecule has 2 nitrogen and oxygen atoms in total. The van der Waals surface area contributed by atoms with Crippen LogP contribution in [0.3, 0.4) is 0 Å². The van der Waals surface area contributed by atoms with Gasteiger partial charge in [0, 0.05) is 17.5 Å². The number of aromatic nitrogens is 1. The maximum absolute atomic E-state index is 4.80. The molecule has 3 heteroatoms. The van der Waals surface area contributed by atoms with Gasteiger partial charge in [-0.3, -0.25) is 4.90 Å². The van der Waals surface area contributed by atoms with Crippen LogP contribution in [0.25, 0.3) is 0 Å². The fourth-order valence-electron chi connectivity index (χ4n) is 4.01. The van der Waals surface area contributed by atoms with Gasteiger partial charge in [-0.25, -0.2) is 4.98 Å². The van der Waals surface area contributed by atoms with E-state index < -0.39 is 0 Å². The molecular weight excluding hydrogens is 300 g/mol. The molecule has 1 atom stereocenters. The zero-order valence-corrected chi connectivity index (χ0v) is 15.5. The van der Waals surface area contributed by atoms with Crippen LogP contribution in [0.4, 0.5) is 0 Å². The highest BCUT2D eigenvalue weighted by molar-refractivity contribution is 7.99. The first-order valence-corrected chi connectivity index (χ1v) is 10.6. The Morgan fingerprint density at radius 1 is 1.09 bits per heavy atom. The van der Waals surface area contributed by atoms with Crippen LogP contribution in [0.15, 0.2) is 23.4 Å². The van der Waals surface area contributed by atoms with Crippen LogP contribution < -0.4 is 0 Å². The molecule has 0 amide bonds. The van der Waals surface area contributed by atoms with Gasteiger partial charge in [0.25, 0.3) is 0 Å². The second kappa shape index (κ2) is 9.08. The van der Waals surface area contributed by atoms with E-state index in [9.17, 15) is 0 Å². The summed E-state index contributed by atoms with van der Waals surface area (Å²) in [7, 11) is 0. The fourth-order valence-corrected chi connectivity index (χ4v) is 5.18. The molecule has 1 aromatic rings. The third kappa shape index (κ3) is 4.96. The van der Waals surface area contributed by atoms with Crippen LogP contribution in [-0.4, -0.2) is 28.2 Å². The standard InChI is InChI=1S/C20H32N2S/c1-2-3-14-22-15-8-7-11-19(22)17-12-13-20(21-16-17)23-18-9-5-4-6-10-18/h12-13,16,18-19H,2-11,14-15H2,1H3/t19-/m1/s1. The first-order chi connectivity index (χ1) is 11.4. The quantitative estimate of drug-likeness (QED) is 0.651. The molecule has 2 fully saturated rings. The SMILES string of the molecule is CCCCN1CCCC[C@@H]1c1ccc(SC2CCCCC2)nc1. The van der Waals surface area contributed by atoms with Crippen molar-refractivity contribution in [2.45, 2.75) is 87.4 Å². The molecule has 2 aliphatic rings. The molecule has 0 N–H and O–H groups in total. The molecule has 1 aliphatic carbocycles. The molecule has 23 heavy (non-hydrogen) atoms. The van der Waals surface area contributed by atoms with Crippen molar-refractivity contribution in [3.05, 3.63) is 23.9 Å². The topological polar surface area (TPSA) is 16.1 Å². The van der Waals surface area contributed by atoms with Crippen molar-refractivity contribution in [2.24, 2.45) is 0 Å². The lowest BCUT2D eigenvalue weighted by molar-refractivity contribution is 0.146. The molecule has 1 saturated carbocycles. The predicted octanol–water partition coefficient (Wildman–Crippen LogP) is 5.83. The van der Waals surface area contributed by atoms with Crippen molar-refractivity contribution in [3.63, 3.8) is 0 Å². The maximum Gasteiger partial charge on any atom is 0.0962 e. The highest BCUT2D eigenvalue weighted by atomic mass is 32.2. The molecule has 0 unspecified atom stereocenters. The summed E-state index contributed by atoms with van der Waals surface area (Å²) in [6.07, 6.45) is 15.8. The van der Waals surface area contributed by atoms with Crippen molar-refractivity contribution >= 4 is 11.8 Å². The first kappa shape index (κ1) is 17.3. The second-order valence-electron chi connectivity index (χ2n) is 7.21. The van der Waals surface area contributed by atoms with Crippen molar-refractivity contribution in [3.8, 4) is 0 Å². The van der Waals surface area contributed by atoms with Gasteiger partial charge in [-0.1, -0.05) is 45.1 Å². The first-order valence-electron chi connectivity index (χ1n) is 9.73. The summed E-state index contributed by atoms with van der Waals surface area (Å²) in [5.41, 5.74) is 1.44. The number of piperidine rings is 1. The van der Waals surface area contributed by atoms with Crippen molar-refractivity contribution in [1.82, 2.24) is 9.88 Å². The summed E-state index contributed by atoms with van der Waals surface area (Å²) in [5, 5.41) is 2.04. The van der Waals surface area contributed by atoms with E-state index in [0.717, 1.165) is 5.25 Å². The molecule has 0 bridgehead atoms. The molecule has 1 aromatic heterocycles. The Balaban J connectivity index is 1.60. The van der Waals surface area contributed by atoms with Gasteiger partial charge in [0.1, 0.15) is 0 Å². The van der Waals surface area contributed by atoms with E-state index in [1.165, 1.54) is 87.9 Å². The molecule has 1 aliphatic heterocycles. The van der Waals surface area contributed by atoms with Crippen LogP contribution >= 0.6 is 11.8 Å². The molecular formula is C20H32N2S. The van der Waals surface area contributed by atoms with Crippen molar-refractivity contribution in [2.75, 3.05) is 13.1 Å². The van der Waals surface area contributed by atoms with Gasteiger partial charge in [-0.05, 0) is 56.8 Å². The van der Waals surface area contributed by atoms with Gasteiger partial charge in [-0.15, -0.1) is 11.8 Å². The lowest BCUT2D eigenvalue weighted by Crippen LogP contribution is -2.34. The number of pyridine rings is 1. The van der Waals surface area contributed by atoms with Crippen LogP contribution in [-0.2, 0) is 0 Å². The van der Waals surface area contributed by atoms with Crippen LogP contribution in [0.5, 0.6) is 0 Å². The van der Waals surface area contributed by atoms with Crippen LogP contribution in [0.2, 0.25) is 0 Å². The normalized spacial score (nSPS) is 24.0. The molecule has 2 heterocycles. The minimum Gasteiger partial charge on any atom is -0.296 e. The second-order valence-corrected chi connectivity index (χ2v) is 8.53. The number of hydrogen-bond donors (Lipinski definition) is 0. The van der Waals surface area contributed by atoms with Crippen molar-refractivity contribution in [1.29, 1.82) is 0 Å². The summed E-state index contributed by atoms with van der Waals surface area (Å²) < 4.78 is 0. The van der Waals surface area contributed by atoms with Gasteiger partial charge >= 0.3 is 0 Å². The van der Waals surface area contributed by atoms with Gasteiger partial charge in [0.05, 0.1) is 5.03 Å². The number of hydrogen-bond acceptors (Lipinski definition) is 3. The third-order valence-electron chi connectivity index (χ3n) is 5.40. The molecule has 0 radical (unpaired) electrons. The molecule has 1 saturated heterocycles. The Morgan fingerprint density at radius 3 is 2.65 bits per heavy atom. The van der Waals surface area contributed by atoms with Crippen LogP contribution in [0.1, 0.15) is 82.7 Å². The summed E-state index contributed by atoms with van der Waals surface area (Å²) >= 11 is 2.01. The zero-order valence-electron chi connectivity index (χ0n) is 14.7. The van der Waals surface area contributed by atoms with Gasteiger partial charge < -0.3 is 0 Å². The molecule has 128 valence electrons. The average molecular weight is 333 g/mol. The van der Waals surface area contributed by atoms with Gasteiger partial charge in [-0.2, -0.15) is 0 Å². The van der Waals surface area contributed by atoms with Gasteiger partial charge in [0.2, 0.25) is 0 Å². The molecule has 0 aromatic carbocycles. The Bertz CT molecular complexity index is 453. The monoisotopic (exact) mass is 332 g/mol. The van der Waals surface area contributed by atoms with E-state index in [4.69, 9.17) is 4.98 Å². The minimum atomic E-state index is 0.608. The van der Waals surface area contributed by atoms with E-state index in [-0.39, 0.29) is 0 Å². The van der Waals surface area contributed by atoms with Gasteiger partial charge in [0.15, 0.2) is 0 Å². The Labute approximate surface area is 146 Å². The summed E-state index contributed by atoms with van der Waals surface area (Å²) in [5.74, 6) is 0. The molecule has 3 rings (SSSR count). The summed E-state index contributed by atoms with van der Waals surface area (Å²) in [6, 6.07) is 5.24. The smallest absolute Gasteiger partial charge is 0.0962 e. The highest BCUT2D eigenvalue weighted by Crippen LogP contribution is 2.34. The maximum atomic E-state index is 4.80. The zero-order chi connectivity index (χ0) is 15.9. The summed E-state index contributed by atoms with van der Waals surface area (Å²) in [6.45, 7) is 4.81. The number of thioether (sulfide) groups is 1. The largest absolute Gasteiger partial charge is 0.296 e. The van der Waals surface area contributed by atoms with E-state index in [1.807, 2.05) is 11.8 Å². The third-order valence-corrected chi connectivity index (χ3v) is 6.68. The van der Waals surface area contributed by atoms with E-state index in [2.05, 4.69) is 30.2 Å². The Kier molecular flexibility index (Phi) is 6.82. The number of rotatable bonds is 6. The highest BCUT2D eigenvalue weighted by Gasteiger charge is 2.23. The predicted molar refractivity (Wildman–Crippen MR) is 100 cm³/mol. The summed E-state index contributed by atoms with van der Waals surface area (Å²) in [4.78, 5) is 7.49. The Morgan fingerprint density at radius 2 is 1.91 bits per heavy atom. The number of nitrogens with zero attached hydrogens (tertiary/aromatic N) is 2.